The minimum atomic E-state index is -0.673. The number of pyridine rings is 2. The SMILES string of the molecule is CCCCCCc1ccc(-c2cccc(C3(c4cccc(-c5ccc(CCCCCC)cc5)c4)c4ccccc4-c4c[c-]c(-c5ccc(-c6nc(-c7ccc(C(C)(C)C)cc7)nc(-c7ccc(C(C)(C)C)cc7)n6)cn5)cc43)c2)cc1.CCCCc1ccc2c(c1)C(C)(CCC1CCCCC1)c1cc(-c3ccc(-c4nc(-c5cc(C)c(C)c(C)c5)nc(-c5cc(C)c(C)c(C)c5)n4)cn3)[c-]cc1-2.[Ir].[Ir]. The van der Waals surface area contributed by atoms with Gasteiger partial charge in [-0.2, -0.15) is 0 Å². The van der Waals surface area contributed by atoms with Gasteiger partial charge in [-0.3, -0.25) is 0 Å². The van der Waals surface area contributed by atoms with Crippen molar-refractivity contribution >= 4 is 0 Å². The van der Waals surface area contributed by atoms with Crippen molar-refractivity contribution in [2.75, 3.05) is 0 Å². The van der Waals surface area contributed by atoms with E-state index in [4.69, 9.17) is 39.9 Å². The second-order valence-corrected chi connectivity index (χ2v) is 41.8. The van der Waals surface area contributed by atoms with Crippen LogP contribution < -0.4 is 0 Å². The molecule has 8 nitrogen and oxygen atoms in total. The molecule has 139 heavy (non-hydrogen) atoms. The molecule has 0 N–H and O–H groups in total. The third kappa shape index (κ3) is 21.6. The fourth-order valence-corrected chi connectivity index (χ4v) is 21.2. The molecule has 0 saturated heterocycles. The summed E-state index contributed by atoms with van der Waals surface area (Å²) in [6, 6.07) is 105. The van der Waals surface area contributed by atoms with Crippen molar-refractivity contribution < 1.29 is 40.2 Å². The number of hydrogen-bond acceptors (Lipinski definition) is 8. The van der Waals surface area contributed by atoms with Crippen LogP contribution in [0.5, 0.6) is 0 Å². The summed E-state index contributed by atoms with van der Waals surface area (Å²) in [6.45, 7) is 35.7. The Kier molecular flexibility index (Phi) is 31.4. The first-order chi connectivity index (χ1) is 66.3. The molecule has 10 heteroatoms. The van der Waals surface area contributed by atoms with Gasteiger partial charge in [-0.1, -0.05) is 369 Å². The van der Waals surface area contributed by atoms with Gasteiger partial charge in [0.1, 0.15) is 0 Å². The Bertz CT molecular complexity index is 6720. The minimum Gasteiger partial charge on any atom is -0.304 e. The van der Waals surface area contributed by atoms with Crippen LogP contribution in [-0.4, -0.2) is 39.9 Å². The minimum absolute atomic E-state index is 0. The summed E-state index contributed by atoms with van der Waals surface area (Å²) in [5.74, 6) is 4.64. The molecular weight excluding hydrogens is 2050 g/mol. The molecule has 1 atom stereocenters. The average molecular weight is 2180 g/mol. The molecule has 12 aromatic carbocycles. The molecule has 3 aliphatic rings. The maximum atomic E-state index is 5.22. The van der Waals surface area contributed by atoms with E-state index < -0.39 is 5.41 Å². The topological polar surface area (TPSA) is 103 Å². The van der Waals surface area contributed by atoms with Gasteiger partial charge in [0.2, 0.25) is 0 Å². The Labute approximate surface area is 855 Å². The van der Waals surface area contributed by atoms with Gasteiger partial charge in [0, 0.05) is 91.4 Å². The Morgan fingerprint density at radius 2 is 0.712 bits per heavy atom. The molecule has 710 valence electrons. The largest absolute Gasteiger partial charge is 0.304 e. The number of fused-ring (bicyclic) bond motifs is 6. The van der Waals surface area contributed by atoms with E-state index in [1.165, 1.54) is 248 Å². The summed E-state index contributed by atoms with van der Waals surface area (Å²) >= 11 is 0. The quantitative estimate of drug-likeness (QED) is 0.0353. The number of unbranched alkanes of at least 4 members (excludes halogenated alkanes) is 7. The van der Waals surface area contributed by atoms with Crippen molar-refractivity contribution in [3.05, 3.63) is 380 Å². The Balaban J connectivity index is 0.000000211. The Morgan fingerprint density at radius 3 is 1.15 bits per heavy atom. The second kappa shape index (κ2) is 43.6. The van der Waals surface area contributed by atoms with Crippen LogP contribution in [-0.2, 0) is 81.1 Å². The average Bonchev–Trinajstić information content (AvgIpc) is 1.53. The first kappa shape index (κ1) is 100. The van der Waals surface area contributed by atoms with Crippen LogP contribution in [0.1, 0.15) is 273 Å². The van der Waals surface area contributed by atoms with E-state index in [9.17, 15) is 0 Å². The monoisotopic (exact) mass is 2180 g/mol. The van der Waals surface area contributed by atoms with Gasteiger partial charge in [-0.25, -0.2) is 29.9 Å². The zero-order valence-electron chi connectivity index (χ0n) is 84.4. The van der Waals surface area contributed by atoms with Crippen molar-refractivity contribution in [2.45, 2.75) is 261 Å². The van der Waals surface area contributed by atoms with Gasteiger partial charge in [-0.05, 0) is 263 Å². The fourth-order valence-electron chi connectivity index (χ4n) is 21.2. The summed E-state index contributed by atoms with van der Waals surface area (Å²) < 4.78 is 0. The number of hydrogen-bond donors (Lipinski definition) is 0. The van der Waals surface area contributed by atoms with E-state index in [2.05, 4.69) is 384 Å². The molecule has 4 heterocycles. The van der Waals surface area contributed by atoms with Gasteiger partial charge in [0.15, 0.2) is 34.9 Å². The predicted molar refractivity (Wildman–Crippen MR) is 572 cm³/mol. The van der Waals surface area contributed by atoms with Gasteiger partial charge in [0.25, 0.3) is 0 Å². The molecule has 16 aromatic rings. The molecular formula is C129H134Ir2N8-2. The molecule has 3 aliphatic carbocycles. The van der Waals surface area contributed by atoms with Crippen molar-refractivity contribution in [1.29, 1.82) is 0 Å². The first-order valence-corrected chi connectivity index (χ1v) is 50.9. The summed E-state index contributed by atoms with van der Waals surface area (Å²) in [7, 11) is 0. The maximum Gasteiger partial charge on any atom is 0.165 e. The van der Waals surface area contributed by atoms with E-state index in [1.54, 1.807) is 0 Å². The maximum absolute atomic E-state index is 5.22. The second-order valence-electron chi connectivity index (χ2n) is 41.8. The zero-order valence-corrected chi connectivity index (χ0v) is 89.2. The third-order valence-electron chi connectivity index (χ3n) is 30.1. The Morgan fingerprint density at radius 1 is 0.324 bits per heavy atom. The normalized spacial score (nSPS) is 14.1. The number of aryl methyl sites for hydroxylation is 7. The first-order valence-electron chi connectivity index (χ1n) is 50.9. The molecule has 0 aliphatic heterocycles. The molecule has 19 rings (SSSR count). The van der Waals surface area contributed by atoms with Crippen LogP contribution in [0.2, 0.25) is 0 Å². The van der Waals surface area contributed by atoms with Crippen LogP contribution in [0.15, 0.2) is 273 Å². The van der Waals surface area contributed by atoms with Crippen LogP contribution in [0.3, 0.4) is 0 Å². The summed E-state index contributed by atoms with van der Waals surface area (Å²) in [6.07, 6.45) is 29.2. The molecule has 0 bridgehead atoms. The van der Waals surface area contributed by atoms with Gasteiger partial charge in [-0.15, -0.1) is 58.7 Å². The summed E-state index contributed by atoms with van der Waals surface area (Å²) in [5, 5.41) is 0. The number of benzene rings is 12. The van der Waals surface area contributed by atoms with E-state index in [0.717, 1.165) is 81.1 Å². The summed E-state index contributed by atoms with van der Waals surface area (Å²) in [5.41, 5.74) is 40.7. The predicted octanol–water partition coefficient (Wildman–Crippen LogP) is 33.8. The fraction of sp³-hybridized carbons (Fsp3) is 0.318. The molecule has 0 spiro atoms. The van der Waals surface area contributed by atoms with Crippen LogP contribution in [0, 0.1) is 59.6 Å². The van der Waals surface area contributed by atoms with Gasteiger partial charge >= 0.3 is 0 Å². The molecule has 1 unspecified atom stereocenters. The van der Waals surface area contributed by atoms with Crippen molar-refractivity contribution in [3.8, 4) is 135 Å². The molecule has 1 fully saturated rings. The van der Waals surface area contributed by atoms with E-state index in [0.29, 0.717) is 34.9 Å². The van der Waals surface area contributed by atoms with Crippen molar-refractivity contribution in [3.63, 3.8) is 0 Å². The summed E-state index contributed by atoms with van der Waals surface area (Å²) in [4.78, 5) is 40.9. The van der Waals surface area contributed by atoms with E-state index in [1.807, 2.05) is 12.4 Å². The van der Waals surface area contributed by atoms with Crippen LogP contribution in [0.4, 0.5) is 0 Å². The van der Waals surface area contributed by atoms with Gasteiger partial charge in [0.05, 0.1) is 5.41 Å². The molecule has 0 amide bonds. The standard InChI is InChI=1S/C77H77N4.C52H57N4.2Ir/c1-9-11-13-15-21-53-29-33-55(34-30-53)59-23-19-25-65(49-59)77(66-26-20-24-60(50-66)56-35-31-54(32-36-56)22-16-14-12-10-2)69-28-18-17-27-67(69)68-47-41-61(51-70(68)77)71-48-42-62(52-78-71)74-80-72(57-37-43-63(44-38-57)75(3,4)5)79-73(81-74)58-39-45-64(46-40-58)76(6,7)8;1-9-10-14-39-17-20-44-45-21-18-40(30-47(45)52(8,46(44)29-39)24-23-38-15-12-11-13-16-38)48-22-19-41(31-53-48)49-54-50(42-25-32(2)36(6)33(3)26-42)56-51(55-49)43-27-34(4)37(7)35(5)28-43;;/h17-20,23-40,42-52H,9-16,21-22H2,1-8H3;17,19-22,25-31,38H,9-16,23-24H2,1-8H3;;/q2*-1;;. The number of aromatic nitrogens is 8. The van der Waals surface area contributed by atoms with Crippen LogP contribution in [0.25, 0.3) is 135 Å². The van der Waals surface area contributed by atoms with Gasteiger partial charge < -0.3 is 9.97 Å². The molecule has 1 saturated carbocycles. The number of nitrogens with zero attached hydrogens (tertiary/aromatic N) is 8. The molecule has 4 aromatic heterocycles. The van der Waals surface area contributed by atoms with E-state index >= 15 is 0 Å². The Hall–Kier alpha value is -11.7. The molecule has 2 radical (unpaired) electrons. The van der Waals surface area contributed by atoms with Crippen LogP contribution >= 0.6 is 0 Å². The third-order valence-corrected chi connectivity index (χ3v) is 30.1. The van der Waals surface area contributed by atoms with E-state index in [-0.39, 0.29) is 56.5 Å². The van der Waals surface area contributed by atoms with Crippen molar-refractivity contribution in [1.82, 2.24) is 39.9 Å². The smallest absolute Gasteiger partial charge is 0.165 e. The number of rotatable bonds is 28. The van der Waals surface area contributed by atoms with Crippen molar-refractivity contribution in [2.24, 2.45) is 5.92 Å². The zero-order chi connectivity index (χ0) is 95.3.